The molecule has 0 spiro atoms. The number of furan rings is 1. The number of nitrogens with one attached hydrogen (secondary N) is 1. The molecule has 162 valence electrons. The maximum atomic E-state index is 13.2. The summed E-state index contributed by atoms with van der Waals surface area (Å²) in [5, 5.41) is 8.10. The van der Waals surface area contributed by atoms with Crippen LogP contribution in [0.4, 0.5) is 0 Å². The molecule has 0 saturated carbocycles. The van der Waals surface area contributed by atoms with Gasteiger partial charge in [-0.15, -0.1) is 0 Å². The fraction of sp³-hybridized carbons (Fsp3) is 0.348. The van der Waals surface area contributed by atoms with Crippen molar-refractivity contribution in [1.82, 2.24) is 20.0 Å². The molecule has 4 rings (SSSR count). The Morgan fingerprint density at radius 3 is 2.68 bits per heavy atom. The smallest absolute Gasteiger partial charge is 0.274 e. The van der Waals surface area contributed by atoms with Crippen molar-refractivity contribution in [2.45, 2.75) is 26.2 Å². The van der Waals surface area contributed by atoms with Crippen molar-refractivity contribution in [2.24, 2.45) is 5.92 Å². The molecule has 1 aliphatic heterocycles. The van der Waals surface area contributed by atoms with Crippen LogP contribution >= 0.6 is 11.6 Å². The molecule has 2 amide bonds. The average Bonchev–Trinajstić information content (AvgIpc) is 3.47. The number of aromatic nitrogens is 2. The Bertz CT molecular complexity index is 1050. The summed E-state index contributed by atoms with van der Waals surface area (Å²) in [4.78, 5) is 27.2. The maximum Gasteiger partial charge on any atom is 0.274 e. The molecule has 0 unspecified atom stereocenters. The minimum atomic E-state index is -0.152. The lowest BCUT2D eigenvalue weighted by Gasteiger charge is -2.30. The molecule has 3 aromatic rings. The van der Waals surface area contributed by atoms with Crippen LogP contribution in [0.5, 0.6) is 0 Å². The summed E-state index contributed by atoms with van der Waals surface area (Å²) in [5.41, 5.74) is 1.74. The van der Waals surface area contributed by atoms with Crippen LogP contribution in [-0.4, -0.2) is 46.1 Å². The minimum absolute atomic E-state index is 0.0432. The summed E-state index contributed by atoms with van der Waals surface area (Å²) >= 11 is 6.16. The largest absolute Gasteiger partial charge is 0.463 e. The lowest BCUT2D eigenvalue weighted by molar-refractivity contribution is -0.126. The van der Waals surface area contributed by atoms with E-state index in [9.17, 15) is 9.59 Å². The maximum absolute atomic E-state index is 13.2. The van der Waals surface area contributed by atoms with Crippen molar-refractivity contribution >= 4 is 23.4 Å². The van der Waals surface area contributed by atoms with Gasteiger partial charge in [-0.3, -0.25) is 9.59 Å². The second kappa shape index (κ2) is 9.39. The first-order valence-corrected chi connectivity index (χ1v) is 10.9. The number of carbonyl (C=O) groups excluding carboxylic acids is 2. The SMILES string of the molecule is CCCNC(=O)C1CCN(C(=O)c2cc(-c3ccco3)n(-c3cccc(Cl)c3)n2)CC1. The second-order valence-corrected chi connectivity index (χ2v) is 8.08. The molecule has 1 aromatic carbocycles. The summed E-state index contributed by atoms with van der Waals surface area (Å²) in [6.45, 7) is 3.78. The second-order valence-electron chi connectivity index (χ2n) is 7.64. The van der Waals surface area contributed by atoms with Gasteiger partial charge < -0.3 is 14.6 Å². The van der Waals surface area contributed by atoms with Gasteiger partial charge in [-0.1, -0.05) is 24.6 Å². The van der Waals surface area contributed by atoms with E-state index in [4.69, 9.17) is 16.0 Å². The van der Waals surface area contributed by atoms with Gasteiger partial charge in [0, 0.05) is 36.6 Å². The van der Waals surface area contributed by atoms with Crippen LogP contribution in [0.15, 0.2) is 53.1 Å². The molecular formula is C23H25ClN4O3. The normalized spacial score (nSPS) is 14.6. The average molecular weight is 441 g/mol. The van der Waals surface area contributed by atoms with Gasteiger partial charge in [-0.05, 0) is 49.6 Å². The van der Waals surface area contributed by atoms with Gasteiger partial charge in [0.1, 0.15) is 5.69 Å². The Labute approximate surface area is 186 Å². The van der Waals surface area contributed by atoms with Crippen molar-refractivity contribution in [3.05, 3.63) is 59.4 Å². The molecular weight excluding hydrogens is 416 g/mol. The highest BCUT2D eigenvalue weighted by molar-refractivity contribution is 6.30. The van der Waals surface area contributed by atoms with Gasteiger partial charge in [-0.2, -0.15) is 5.10 Å². The van der Waals surface area contributed by atoms with E-state index < -0.39 is 0 Å². The number of hydrogen-bond acceptors (Lipinski definition) is 4. The molecule has 8 heteroatoms. The molecule has 1 aliphatic rings. The zero-order valence-corrected chi connectivity index (χ0v) is 18.1. The molecule has 2 aromatic heterocycles. The van der Waals surface area contributed by atoms with Crippen LogP contribution in [0.25, 0.3) is 17.1 Å². The number of amides is 2. The fourth-order valence-corrected chi connectivity index (χ4v) is 3.97. The van der Waals surface area contributed by atoms with Crippen LogP contribution in [0.2, 0.25) is 5.02 Å². The van der Waals surface area contributed by atoms with E-state index in [-0.39, 0.29) is 17.7 Å². The molecule has 1 saturated heterocycles. The molecule has 31 heavy (non-hydrogen) atoms. The molecule has 1 N–H and O–H groups in total. The third-order valence-corrected chi connectivity index (χ3v) is 5.69. The molecule has 0 aliphatic carbocycles. The van der Waals surface area contributed by atoms with E-state index in [0.717, 1.165) is 12.1 Å². The Balaban J connectivity index is 1.54. The quantitative estimate of drug-likeness (QED) is 0.624. The third-order valence-electron chi connectivity index (χ3n) is 5.46. The van der Waals surface area contributed by atoms with Crippen LogP contribution in [-0.2, 0) is 4.79 Å². The van der Waals surface area contributed by atoms with Gasteiger partial charge in [0.25, 0.3) is 5.91 Å². The highest BCUT2D eigenvalue weighted by atomic mass is 35.5. The number of piperidine rings is 1. The van der Waals surface area contributed by atoms with Crippen molar-refractivity contribution < 1.29 is 14.0 Å². The lowest BCUT2D eigenvalue weighted by Crippen LogP contribution is -2.43. The molecule has 7 nitrogen and oxygen atoms in total. The summed E-state index contributed by atoms with van der Waals surface area (Å²) < 4.78 is 7.23. The zero-order valence-electron chi connectivity index (χ0n) is 17.4. The standard InChI is InChI=1S/C23H25ClN4O3/c1-2-10-25-22(29)16-8-11-27(12-9-16)23(30)19-15-20(21-7-4-13-31-21)28(26-19)18-6-3-5-17(24)14-18/h3-7,13-16H,2,8-12H2,1H3,(H,25,29). The number of likely N-dealkylation sites (tertiary alicyclic amines) is 1. The molecule has 1 fully saturated rings. The molecule has 0 bridgehead atoms. The number of carbonyl (C=O) groups is 2. The summed E-state index contributed by atoms with van der Waals surface area (Å²) in [6, 6.07) is 12.6. The van der Waals surface area contributed by atoms with E-state index in [0.29, 0.717) is 54.6 Å². The van der Waals surface area contributed by atoms with E-state index >= 15 is 0 Å². The van der Waals surface area contributed by atoms with Gasteiger partial charge in [0.15, 0.2) is 11.5 Å². The number of nitrogens with zero attached hydrogens (tertiary/aromatic N) is 3. The highest BCUT2D eigenvalue weighted by Gasteiger charge is 2.29. The first-order chi connectivity index (χ1) is 15.1. The Morgan fingerprint density at radius 1 is 1.19 bits per heavy atom. The van der Waals surface area contributed by atoms with Crippen molar-refractivity contribution in [1.29, 1.82) is 0 Å². The first-order valence-electron chi connectivity index (χ1n) is 10.5. The third kappa shape index (κ3) is 4.66. The van der Waals surface area contributed by atoms with E-state index in [1.807, 2.05) is 25.1 Å². The number of hydrogen-bond donors (Lipinski definition) is 1. The van der Waals surface area contributed by atoms with Crippen molar-refractivity contribution in [3.63, 3.8) is 0 Å². The topological polar surface area (TPSA) is 80.4 Å². The van der Waals surface area contributed by atoms with Crippen LogP contribution in [0, 0.1) is 5.92 Å². The first kappa shape index (κ1) is 21.2. The van der Waals surface area contributed by atoms with Gasteiger partial charge in [-0.25, -0.2) is 4.68 Å². The number of halogens is 1. The predicted octanol–water partition coefficient (Wildman–Crippen LogP) is 4.16. The van der Waals surface area contributed by atoms with Crippen molar-refractivity contribution in [2.75, 3.05) is 19.6 Å². The Hall–Kier alpha value is -3.06. The zero-order chi connectivity index (χ0) is 21.8. The van der Waals surface area contributed by atoms with E-state index in [1.54, 1.807) is 40.1 Å². The minimum Gasteiger partial charge on any atom is -0.463 e. The van der Waals surface area contributed by atoms with Gasteiger partial charge in [0.2, 0.25) is 5.91 Å². The number of rotatable bonds is 6. The number of benzene rings is 1. The fourth-order valence-electron chi connectivity index (χ4n) is 3.79. The predicted molar refractivity (Wildman–Crippen MR) is 118 cm³/mol. The Kier molecular flexibility index (Phi) is 6.42. The van der Waals surface area contributed by atoms with Crippen molar-refractivity contribution in [3.8, 4) is 17.1 Å². The van der Waals surface area contributed by atoms with Gasteiger partial charge in [0.05, 0.1) is 12.0 Å². The van der Waals surface area contributed by atoms with Crippen LogP contribution < -0.4 is 5.32 Å². The Morgan fingerprint density at radius 2 is 2.00 bits per heavy atom. The molecule has 0 atom stereocenters. The van der Waals surface area contributed by atoms with Crippen LogP contribution in [0.3, 0.4) is 0 Å². The highest BCUT2D eigenvalue weighted by Crippen LogP contribution is 2.27. The summed E-state index contributed by atoms with van der Waals surface area (Å²) in [6.07, 6.45) is 3.81. The van der Waals surface area contributed by atoms with E-state index in [1.165, 1.54) is 0 Å². The monoisotopic (exact) mass is 440 g/mol. The van der Waals surface area contributed by atoms with Gasteiger partial charge >= 0.3 is 0 Å². The molecule has 0 radical (unpaired) electrons. The van der Waals surface area contributed by atoms with E-state index in [2.05, 4.69) is 10.4 Å². The lowest BCUT2D eigenvalue weighted by atomic mass is 9.95. The van der Waals surface area contributed by atoms with Crippen LogP contribution in [0.1, 0.15) is 36.7 Å². The summed E-state index contributed by atoms with van der Waals surface area (Å²) in [5.74, 6) is 0.497. The molecule has 3 heterocycles. The summed E-state index contributed by atoms with van der Waals surface area (Å²) in [7, 11) is 0.